The van der Waals surface area contributed by atoms with Crippen molar-refractivity contribution >= 4 is 32.9 Å². The summed E-state index contributed by atoms with van der Waals surface area (Å²) in [5.41, 5.74) is 2.13. The van der Waals surface area contributed by atoms with Crippen molar-refractivity contribution in [2.45, 2.75) is 36.8 Å². The quantitative estimate of drug-likeness (QED) is 0.382. The molecular weight excluding hydrogens is 487 g/mol. The number of ether oxygens (including phenoxy) is 1. The van der Waals surface area contributed by atoms with E-state index in [0.717, 1.165) is 25.1 Å². The molecular formula is C25H29FN4O3S2. The second-order valence-corrected chi connectivity index (χ2v) is 11.0. The lowest BCUT2D eigenvalue weighted by Crippen LogP contribution is -2.36. The number of hydrogen-bond acceptors (Lipinski definition) is 5. The van der Waals surface area contributed by atoms with Gasteiger partial charge in [0.25, 0.3) is 0 Å². The molecule has 1 saturated carbocycles. The maximum atomic E-state index is 13.3. The van der Waals surface area contributed by atoms with Gasteiger partial charge in [0.15, 0.2) is 5.11 Å². The molecule has 1 aliphatic rings. The third-order valence-electron chi connectivity index (χ3n) is 5.81. The number of rotatable bonds is 11. The summed E-state index contributed by atoms with van der Waals surface area (Å²) in [5, 5.41) is 3.70. The van der Waals surface area contributed by atoms with Gasteiger partial charge >= 0.3 is 0 Å². The standard InChI is InChI=1S/C25H29FN4O3S2/c1-33-14-13-30-23(15-27-25(30)35(31,32)18-20-5-3-2-4-6-20)17-29(16-19-7-8-19)24(34)28-22-11-9-21(26)10-12-22/h2-6,9-12,15,19H,7-8,13-14,16-18H2,1H3,(H,28,34). The first-order valence-electron chi connectivity index (χ1n) is 11.5. The van der Waals surface area contributed by atoms with Gasteiger partial charge in [0.05, 0.1) is 30.8 Å². The smallest absolute Gasteiger partial charge is 0.228 e. The molecule has 0 saturated heterocycles. The van der Waals surface area contributed by atoms with Crippen LogP contribution in [0.4, 0.5) is 10.1 Å². The second kappa shape index (κ2) is 11.3. The summed E-state index contributed by atoms with van der Waals surface area (Å²) in [6, 6.07) is 15.1. The molecule has 0 unspecified atom stereocenters. The predicted octanol–water partition coefficient (Wildman–Crippen LogP) is 4.25. The van der Waals surface area contributed by atoms with E-state index in [4.69, 9.17) is 17.0 Å². The highest BCUT2D eigenvalue weighted by Gasteiger charge is 2.28. The number of halogens is 1. The minimum atomic E-state index is -3.68. The van der Waals surface area contributed by atoms with Gasteiger partial charge < -0.3 is 19.5 Å². The van der Waals surface area contributed by atoms with Gasteiger partial charge in [0, 0.05) is 25.9 Å². The zero-order chi connectivity index (χ0) is 24.8. The molecule has 0 aliphatic heterocycles. The third-order valence-corrected chi connectivity index (χ3v) is 7.77. The zero-order valence-electron chi connectivity index (χ0n) is 19.6. The molecule has 35 heavy (non-hydrogen) atoms. The Labute approximate surface area is 210 Å². The van der Waals surface area contributed by atoms with Crippen molar-refractivity contribution in [3.05, 3.63) is 77.9 Å². The summed E-state index contributed by atoms with van der Waals surface area (Å²) < 4.78 is 46.8. The number of nitrogens with one attached hydrogen (secondary N) is 1. The van der Waals surface area contributed by atoms with Crippen molar-refractivity contribution in [1.82, 2.24) is 14.5 Å². The fourth-order valence-electron chi connectivity index (χ4n) is 3.81. The van der Waals surface area contributed by atoms with Crippen LogP contribution in [0, 0.1) is 11.7 Å². The van der Waals surface area contributed by atoms with Crippen molar-refractivity contribution in [2.24, 2.45) is 5.92 Å². The van der Waals surface area contributed by atoms with Gasteiger partial charge in [-0.05, 0) is 60.8 Å². The van der Waals surface area contributed by atoms with E-state index in [2.05, 4.69) is 10.3 Å². The average molecular weight is 517 g/mol. The molecule has 10 heteroatoms. The average Bonchev–Trinajstić information content (AvgIpc) is 3.56. The SMILES string of the molecule is COCCn1c(CN(CC2CC2)C(=S)Nc2ccc(F)cc2)cnc1S(=O)(=O)Cc1ccccc1. The van der Waals surface area contributed by atoms with E-state index in [1.165, 1.54) is 12.1 Å². The lowest BCUT2D eigenvalue weighted by atomic mass is 10.2. The molecule has 1 heterocycles. The van der Waals surface area contributed by atoms with Crippen molar-refractivity contribution in [2.75, 3.05) is 25.6 Å². The lowest BCUT2D eigenvalue weighted by Gasteiger charge is -2.26. The van der Waals surface area contributed by atoms with E-state index in [0.29, 0.717) is 42.0 Å². The number of anilines is 1. The summed E-state index contributed by atoms with van der Waals surface area (Å²) in [6.45, 7) is 1.83. The number of benzene rings is 2. The molecule has 1 fully saturated rings. The van der Waals surface area contributed by atoms with Gasteiger partial charge in [-0.2, -0.15) is 0 Å². The first-order chi connectivity index (χ1) is 16.9. The normalized spacial score (nSPS) is 13.5. The lowest BCUT2D eigenvalue weighted by molar-refractivity contribution is 0.182. The maximum absolute atomic E-state index is 13.3. The van der Waals surface area contributed by atoms with Crippen LogP contribution >= 0.6 is 12.2 Å². The Kier molecular flexibility index (Phi) is 8.15. The van der Waals surface area contributed by atoms with Crippen molar-refractivity contribution in [3.63, 3.8) is 0 Å². The van der Waals surface area contributed by atoms with E-state index in [1.54, 1.807) is 42.1 Å². The minimum absolute atomic E-state index is 0.0252. The van der Waals surface area contributed by atoms with Crippen LogP contribution < -0.4 is 5.32 Å². The molecule has 3 aromatic rings. The molecule has 1 aliphatic carbocycles. The molecule has 2 aromatic carbocycles. The Morgan fingerprint density at radius 1 is 1.20 bits per heavy atom. The summed E-state index contributed by atoms with van der Waals surface area (Å²) in [5.74, 6) is 0.0929. The van der Waals surface area contributed by atoms with E-state index < -0.39 is 9.84 Å². The van der Waals surface area contributed by atoms with E-state index >= 15 is 0 Å². The zero-order valence-corrected chi connectivity index (χ0v) is 21.2. The Hall–Kier alpha value is -2.82. The molecule has 7 nitrogen and oxygen atoms in total. The number of aromatic nitrogens is 2. The van der Waals surface area contributed by atoms with Crippen molar-refractivity contribution in [3.8, 4) is 0 Å². The van der Waals surface area contributed by atoms with Crippen LogP contribution in [-0.4, -0.2) is 48.2 Å². The Morgan fingerprint density at radius 2 is 1.91 bits per heavy atom. The van der Waals surface area contributed by atoms with Gasteiger partial charge in [-0.25, -0.2) is 17.8 Å². The number of sulfone groups is 1. The van der Waals surface area contributed by atoms with Crippen molar-refractivity contribution < 1.29 is 17.5 Å². The van der Waals surface area contributed by atoms with Crippen LogP contribution in [0.15, 0.2) is 66.0 Å². The van der Waals surface area contributed by atoms with E-state index in [-0.39, 0.29) is 16.7 Å². The van der Waals surface area contributed by atoms with Crippen molar-refractivity contribution in [1.29, 1.82) is 0 Å². The highest BCUT2D eigenvalue weighted by molar-refractivity contribution is 7.90. The second-order valence-electron chi connectivity index (χ2n) is 8.68. The van der Waals surface area contributed by atoms with Gasteiger partial charge in [0.2, 0.25) is 15.0 Å². The van der Waals surface area contributed by atoms with Crippen LogP contribution in [0.25, 0.3) is 0 Å². The van der Waals surface area contributed by atoms with Gasteiger partial charge in [-0.3, -0.25) is 0 Å². The Bertz CT molecular complexity index is 1240. The topological polar surface area (TPSA) is 76.5 Å². The molecule has 0 spiro atoms. The van der Waals surface area contributed by atoms with Crippen LogP contribution in [0.3, 0.4) is 0 Å². The number of methoxy groups -OCH3 is 1. The molecule has 186 valence electrons. The largest absolute Gasteiger partial charge is 0.383 e. The number of hydrogen-bond donors (Lipinski definition) is 1. The van der Waals surface area contributed by atoms with E-state index in [9.17, 15) is 12.8 Å². The minimum Gasteiger partial charge on any atom is -0.383 e. The number of imidazole rings is 1. The monoisotopic (exact) mass is 516 g/mol. The van der Waals surface area contributed by atoms with Gasteiger partial charge in [-0.15, -0.1) is 0 Å². The summed E-state index contributed by atoms with van der Waals surface area (Å²) >= 11 is 5.68. The first kappa shape index (κ1) is 25.3. The van der Waals surface area contributed by atoms with Crippen LogP contribution in [-0.2, 0) is 33.4 Å². The molecule has 0 bridgehead atoms. The van der Waals surface area contributed by atoms with Gasteiger partial charge in [0.1, 0.15) is 5.82 Å². The molecule has 1 aromatic heterocycles. The molecule has 0 radical (unpaired) electrons. The molecule has 4 rings (SSSR count). The highest BCUT2D eigenvalue weighted by atomic mass is 32.2. The first-order valence-corrected chi connectivity index (χ1v) is 13.5. The Balaban J connectivity index is 1.58. The third kappa shape index (κ3) is 6.87. The summed E-state index contributed by atoms with van der Waals surface area (Å²) in [7, 11) is -2.10. The fraction of sp³-hybridized carbons (Fsp3) is 0.360. The van der Waals surface area contributed by atoms with Crippen LogP contribution in [0.2, 0.25) is 0 Å². The molecule has 0 atom stereocenters. The van der Waals surface area contributed by atoms with E-state index in [1.807, 2.05) is 23.1 Å². The predicted molar refractivity (Wildman–Crippen MR) is 137 cm³/mol. The Morgan fingerprint density at radius 3 is 2.57 bits per heavy atom. The molecule has 1 N–H and O–H groups in total. The van der Waals surface area contributed by atoms with Crippen LogP contribution in [0.1, 0.15) is 24.1 Å². The summed E-state index contributed by atoms with van der Waals surface area (Å²) in [6.07, 6.45) is 3.87. The van der Waals surface area contributed by atoms with Gasteiger partial charge in [-0.1, -0.05) is 30.3 Å². The fourth-order valence-corrected chi connectivity index (χ4v) is 5.58. The number of thiocarbonyl (C=S) groups is 1. The van der Waals surface area contributed by atoms with Crippen LogP contribution in [0.5, 0.6) is 0 Å². The highest BCUT2D eigenvalue weighted by Crippen LogP contribution is 2.31. The maximum Gasteiger partial charge on any atom is 0.228 e. The molecule has 0 amide bonds. The number of nitrogens with zero attached hydrogens (tertiary/aromatic N) is 3. The summed E-state index contributed by atoms with van der Waals surface area (Å²) in [4.78, 5) is 6.34.